The van der Waals surface area contributed by atoms with E-state index in [9.17, 15) is 9.18 Å². The molecule has 0 fully saturated rings. The van der Waals surface area contributed by atoms with Gasteiger partial charge in [0, 0.05) is 17.3 Å². The maximum atomic E-state index is 13.4. The summed E-state index contributed by atoms with van der Waals surface area (Å²) >= 11 is 5.61. The zero-order valence-electron chi connectivity index (χ0n) is 16.5. The van der Waals surface area contributed by atoms with Gasteiger partial charge in [0.1, 0.15) is 17.3 Å². The van der Waals surface area contributed by atoms with Crippen LogP contribution in [-0.4, -0.2) is 22.7 Å². The maximum Gasteiger partial charge on any atom is 0.420 e. The minimum Gasteiger partial charge on any atom is -0.484 e. The van der Waals surface area contributed by atoms with E-state index in [1.54, 1.807) is 26.0 Å². The Morgan fingerprint density at radius 3 is 2.53 bits per heavy atom. The molecule has 156 valence electrons. The average Bonchev–Trinajstić information content (AvgIpc) is 3.18. The Morgan fingerprint density at radius 1 is 1.13 bits per heavy atom. The fraction of sp³-hybridized carbons (Fsp3) is 0.190. The van der Waals surface area contributed by atoms with Gasteiger partial charge >= 0.3 is 6.08 Å². The summed E-state index contributed by atoms with van der Waals surface area (Å²) in [6, 6.07) is 11.3. The van der Waals surface area contributed by atoms with Gasteiger partial charge in [0.15, 0.2) is 6.61 Å². The molecule has 0 aliphatic heterocycles. The number of nitrogens with one attached hydrogen (secondary N) is 1. The molecule has 0 spiro atoms. The van der Waals surface area contributed by atoms with Gasteiger partial charge in [-0.2, -0.15) is 0 Å². The van der Waals surface area contributed by atoms with Crippen LogP contribution in [0.15, 0.2) is 52.6 Å². The quantitative estimate of drug-likeness (QED) is 0.572. The third-order valence-corrected chi connectivity index (χ3v) is 4.41. The van der Waals surface area contributed by atoms with Crippen LogP contribution in [0.3, 0.4) is 0 Å². The van der Waals surface area contributed by atoms with Crippen molar-refractivity contribution >= 4 is 23.1 Å². The Hall–Kier alpha value is -3.39. The Labute approximate surface area is 177 Å². The second-order valence-corrected chi connectivity index (χ2v) is 6.86. The number of ether oxygens (including phenoxy) is 2. The molecular weight excluding hydrogens is 413 g/mol. The van der Waals surface area contributed by atoms with E-state index in [1.807, 2.05) is 19.1 Å². The number of hydrogen-bond donors (Lipinski definition) is 1. The van der Waals surface area contributed by atoms with Crippen molar-refractivity contribution in [3.8, 4) is 17.6 Å². The molecule has 1 amide bonds. The number of hydrogen-bond acceptors (Lipinski definition) is 6. The molecule has 0 bridgehead atoms. The number of rotatable bonds is 7. The number of carbonyl (C=O) groups excluding carboxylic acids is 1. The summed E-state index contributed by atoms with van der Waals surface area (Å²) in [7, 11) is 0. The SMILES string of the molecule is C/C(NC(=O)COc1ccc(Cl)c(F)c1)=C(\C)c1nnc(Oc2ccc(C)cc2)o1. The monoisotopic (exact) mass is 431 g/mol. The summed E-state index contributed by atoms with van der Waals surface area (Å²) in [4.78, 5) is 12.1. The van der Waals surface area contributed by atoms with Crippen molar-refractivity contribution in [2.75, 3.05) is 6.61 Å². The molecule has 30 heavy (non-hydrogen) atoms. The van der Waals surface area contributed by atoms with Crippen molar-refractivity contribution in [1.82, 2.24) is 15.5 Å². The molecular formula is C21H19ClFN3O4. The summed E-state index contributed by atoms with van der Waals surface area (Å²) in [5.74, 6) is -0.0894. The van der Waals surface area contributed by atoms with Gasteiger partial charge in [0.05, 0.1) is 5.02 Å². The minimum absolute atomic E-state index is 0.0135. The number of benzene rings is 2. The molecule has 9 heteroatoms. The zero-order valence-corrected chi connectivity index (χ0v) is 17.3. The van der Waals surface area contributed by atoms with E-state index in [2.05, 4.69) is 15.5 Å². The van der Waals surface area contributed by atoms with Gasteiger partial charge in [-0.15, -0.1) is 5.10 Å². The number of nitrogens with zero attached hydrogens (tertiary/aromatic N) is 2. The first kappa shape index (κ1) is 21.3. The van der Waals surface area contributed by atoms with Crippen molar-refractivity contribution in [2.45, 2.75) is 20.8 Å². The normalized spacial score (nSPS) is 11.6. The summed E-state index contributed by atoms with van der Waals surface area (Å²) in [5.41, 5.74) is 2.16. The van der Waals surface area contributed by atoms with Crippen molar-refractivity contribution in [3.05, 3.63) is 70.5 Å². The highest BCUT2D eigenvalue weighted by Gasteiger charge is 2.14. The Morgan fingerprint density at radius 2 is 1.83 bits per heavy atom. The Kier molecular flexibility index (Phi) is 6.68. The van der Waals surface area contributed by atoms with Gasteiger partial charge in [0.2, 0.25) is 5.89 Å². The second kappa shape index (κ2) is 9.41. The molecule has 1 aromatic heterocycles. The van der Waals surface area contributed by atoms with Crippen LogP contribution in [0.1, 0.15) is 25.3 Å². The van der Waals surface area contributed by atoms with Crippen molar-refractivity contribution in [2.24, 2.45) is 0 Å². The predicted molar refractivity (Wildman–Crippen MR) is 109 cm³/mol. The third-order valence-electron chi connectivity index (χ3n) is 4.10. The Bertz CT molecular complexity index is 1080. The average molecular weight is 432 g/mol. The van der Waals surface area contributed by atoms with Gasteiger partial charge in [0.25, 0.3) is 5.91 Å². The minimum atomic E-state index is -0.624. The summed E-state index contributed by atoms with van der Waals surface area (Å²) in [6.07, 6.45) is -0.0135. The molecule has 0 unspecified atom stereocenters. The largest absolute Gasteiger partial charge is 0.484 e. The van der Waals surface area contributed by atoms with E-state index in [4.69, 9.17) is 25.5 Å². The molecule has 0 aliphatic carbocycles. The summed E-state index contributed by atoms with van der Waals surface area (Å²) < 4.78 is 29.7. The number of aryl methyl sites for hydroxylation is 1. The van der Waals surface area contributed by atoms with Crippen LogP contribution < -0.4 is 14.8 Å². The number of carbonyl (C=O) groups is 1. The second-order valence-electron chi connectivity index (χ2n) is 6.45. The molecule has 7 nitrogen and oxygen atoms in total. The Balaban J connectivity index is 1.58. The van der Waals surface area contributed by atoms with Crippen LogP contribution in [0.2, 0.25) is 5.02 Å². The first-order valence-electron chi connectivity index (χ1n) is 8.95. The molecule has 0 atom stereocenters. The lowest BCUT2D eigenvalue weighted by Gasteiger charge is -2.09. The van der Waals surface area contributed by atoms with Crippen LogP contribution in [-0.2, 0) is 4.79 Å². The predicted octanol–water partition coefficient (Wildman–Crippen LogP) is 4.91. The molecule has 2 aromatic carbocycles. The van der Waals surface area contributed by atoms with Crippen molar-refractivity contribution in [1.29, 1.82) is 0 Å². The van der Waals surface area contributed by atoms with Gasteiger partial charge in [-0.1, -0.05) is 34.4 Å². The van der Waals surface area contributed by atoms with Gasteiger partial charge in [-0.05, 0) is 45.0 Å². The molecule has 3 rings (SSSR count). The van der Waals surface area contributed by atoms with E-state index in [1.165, 1.54) is 12.1 Å². The van der Waals surface area contributed by atoms with E-state index in [0.717, 1.165) is 11.6 Å². The van der Waals surface area contributed by atoms with Crippen LogP contribution in [0.4, 0.5) is 4.39 Å². The lowest BCUT2D eigenvalue weighted by atomic mass is 10.2. The van der Waals surface area contributed by atoms with E-state index < -0.39 is 11.7 Å². The summed E-state index contributed by atoms with van der Waals surface area (Å²) in [6.45, 7) is 5.06. The van der Waals surface area contributed by atoms with Crippen LogP contribution in [0.5, 0.6) is 17.6 Å². The highest BCUT2D eigenvalue weighted by molar-refractivity contribution is 6.30. The van der Waals surface area contributed by atoms with E-state index in [0.29, 0.717) is 17.0 Å². The van der Waals surface area contributed by atoms with Crippen LogP contribution in [0.25, 0.3) is 5.57 Å². The maximum absolute atomic E-state index is 13.4. The first-order valence-corrected chi connectivity index (χ1v) is 9.33. The smallest absolute Gasteiger partial charge is 0.420 e. The number of amides is 1. The standard InChI is InChI=1S/C21H19ClFN3O4/c1-12-4-6-15(7-5-12)29-21-26-25-20(30-21)13(2)14(3)24-19(27)11-28-16-8-9-17(22)18(23)10-16/h4-10H,11H2,1-3H3,(H,24,27)/b14-13-. The molecule has 1 heterocycles. The van der Waals surface area contributed by atoms with E-state index in [-0.39, 0.29) is 29.3 Å². The lowest BCUT2D eigenvalue weighted by Crippen LogP contribution is -2.28. The molecule has 0 saturated carbocycles. The number of allylic oxidation sites excluding steroid dienone is 2. The molecule has 3 aromatic rings. The number of halogens is 2. The molecule has 0 radical (unpaired) electrons. The summed E-state index contributed by atoms with van der Waals surface area (Å²) in [5, 5.41) is 10.4. The van der Waals surface area contributed by atoms with Crippen LogP contribution >= 0.6 is 11.6 Å². The fourth-order valence-electron chi connectivity index (χ4n) is 2.32. The van der Waals surface area contributed by atoms with Gasteiger partial charge in [-0.25, -0.2) is 4.39 Å². The molecule has 1 N–H and O–H groups in total. The topological polar surface area (TPSA) is 86.5 Å². The lowest BCUT2D eigenvalue weighted by molar-refractivity contribution is -0.122. The van der Waals surface area contributed by atoms with Gasteiger partial charge in [-0.3, -0.25) is 4.79 Å². The molecule has 0 saturated heterocycles. The zero-order chi connectivity index (χ0) is 21.7. The highest BCUT2D eigenvalue weighted by atomic mass is 35.5. The highest BCUT2D eigenvalue weighted by Crippen LogP contribution is 2.24. The van der Waals surface area contributed by atoms with Gasteiger partial charge < -0.3 is 19.2 Å². The number of aromatic nitrogens is 2. The van der Waals surface area contributed by atoms with E-state index >= 15 is 0 Å². The molecule has 0 aliphatic rings. The fourth-order valence-corrected chi connectivity index (χ4v) is 2.44. The third kappa shape index (κ3) is 5.57. The van der Waals surface area contributed by atoms with Crippen molar-refractivity contribution < 1.29 is 23.1 Å². The first-order chi connectivity index (χ1) is 14.3. The van der Waals surface area contributed by atoms with Crippen LogP contribution in [0, 0.1) is 12.7 Å². The van der Waals surface area contributed by atoms with Crippen molar-refractivity contribution in [3.63, 3.8) is 0 Å².